The van der Waals surface area contributed by atoms with Crippen molar-refractivity contribution in [2.24, 2.45) is 0 Å². The van der Waals surface area contributed by atoms with Gasteiger partial charge in [0.1, 0.15) is 19.0 Å². The molecule has 0 aromatic heterocycles. The van der Waals surface area contributed by atoms with Crippen molar-refractivity contribution in [2.75, 3.05) is 13.2 Å². The number of aliphatic hydroxyl groups excluding tert-OH is 1. The fraction of sp³-hybridized carbons (Fsp3) is 0.250. The van der Waals surface area contributed by atoms with Gasteiger partial charge in [-0.1, -0.05) is 11.8 Å². The van der Waals surface area contributed by atoms with Gasteiger partial charge in [-0.3, -0.25) is 4.79 Å². The lowest BCUT2D eigenvalue weighted by Crippen LogP contribution is -2.34. The van der Waals surface area contributed by atoms with Crippen LogP contribution >= 0.6 is 0 Å². The van der Waals surface area contributed by atoms with Gasteiger partial charge in [-0.2, -0.15) is 13.2 Å². The number of rotatable bonds is 2. The van der Waals surface area contributed by atoms with Crippen LogP contribution in [0.2, 0.25) is 0 Å². The summed E-state index contributed by atoms with van der Waals surface area (Å²) in [5.41, 5.74) is -0.277. The van der Waals surface area contributed by atoms with Crippen molar-refractivity contribution in [1.82, 2.24) is 5.32 Å². The van der Waals surface area contributed by atoms with E-state index in [9.17, 15) is 22.4 Å². The number of carbonyl (C=O) groups is 1. The summed E-state index contributed by atoms with van der Waals surface area (Å²) in [6.45, 7) is -2.00. The lowest BCUT2D eigenvalue weighted by atomic mass is 10.1. The third-order valence-electron chi connectivity index (χ3n) is 1.98. The van der Waals surface area contributed by atoms with Crippen LogP contribution in [0.1, 0.15) is 15.9 Å². The molecule has 1 rings (SSSR count). The van der Waals surface area contributed by atoms with Crippen LogP contribution in [0.4, 0.5) is 17.6 Å². The van der Waals surface area contributed by atoms with Crippen LogP contribution in [0.5, 0.6) is 0 Å². The molecule has 7 heteroatoms. The summed E-state index contributed by atoms with van der Waals surface area (Å²) in [6, 6.07) is 2.95. The summed E-state index contributed by atoms with van der Waals surface area (Å²) < 4.78 is 48.9. The standard InChI is InChI=1S/C12H9F4NO2/c13-9-4-3-8(2-1-5-18)10(6-9)11(19)17-7-12(14,15)16/h3-4,6,18H,5,7H2,(H,17,19). The first kappa shape index (κ1) is 15.0. The first-order chi connectivity index (χ1) is 8.83. The Morgan fingerprint density at radius 2 is 2.05 bits per heavy atom. The van der Waals surface area contributed by atoms with Crippen molar-refractivity contribution in [3.8, 4) is 11.8 Å². The molecule has 0 saturated heterocycles. The number of carbonyl (C=O) groups excluding carboxylic acids is 1. The number of halogens is 4. The number of alkyl halides is 3. The molecule has 19 heavy (non-hydrogen) atoms. The Labute approximate surface area is 106 Å². The topological polar surface area (TPSA) is 49.3 Å². The first-order valence-corrected chi connectivity index (χ1v) is 5.07. The fourth-order valence-electron chi connectivity index (χ4n) is 1.22. The fourth-order valence-corrected chi connectivity index (χ4v) is 1.22. The van der Waals surface area contributed by atoms with E-state index < -0.39 is 31.1 Å². The largest absolute Gasteiger partial charge is 0.405 e. The molecule has 1 amide bonds. The van der Waals surface area contributed by atoms with Crippen LogP contribution in [0.25, 0.3) is 0 Å². The number of hydrogen-bond acceptors (Lipinski definition) is 2. The average molecular weight is 275 g/mol. The van der Waals surface area contributed by atoms with Gasteiger partial charge in [0.15, 0.2) is 0 Å². The number of benzene rings is 1. The van der Waals surface area contributed by atoms with Gasteiger partial charge in [0.2, 0.25) is 0 Å². The molecule has 1 aromatic rings. The molecule has 0 unspecified atom stereocenters. The van der Waals surface area contributed by atoms with Gasteiger partial charge in [-0.05, 0) is 18.2 Å². The van der Waals surface area contributed by atoms with Gasteiger partial charge in [-0.15, -0.1) is 0 Å². The van der Waals surface area contributed by atoms with Crippen LogP contribution in [0.15, 0.2) is 18.2 Å². The molecule has 102 valence electrons. The number of hydrogen-bond donors (Lipinski definition) is 2. The zero-order chi connectivity index (χ0) is 14.5. The van der Waals surface area contributed by atoms with E-state index in [-0.39, 0.29) is 11.1 Å². The maximum Gasteiger partial charge on any atom is 0.405 e. The Morgan fingerprint density at radius 1 is 1.37 bits per heavy atom. The highest BCUT2D eigenvalue weighted by Gasteiger charge is 2.28. The third-order valence-corrected chi connectivity index (χ3v) is 1.98. The molecule has 0 aliphatic carbocycles. The smallest absolute Gasteiger partial charge is 0.384 e. The summed E-state index contributed by atoms with van der Waals surface area (Å²) in [4.78, 5) is 11.5. The molecule has 0 fully saturated rings. The summed E-state index contributed by atoms with van der Waals surface area (Å²) in [7, 11) is 0. The van der Waals surface area contributed by atoms with Gasteiger partial charge in [-0.25, -0.2) is 4.39 Å². The van der Waals surface area contributed by atoms with E-state index in [0.29, 0.717) is 0 Å². The first-order valence-electron chi connectivity index (χ1n) is 5.07. The lowest BCUT2D eigenvalue weighted by molar-refractivity contribution is -0.123. The minimum absolute atomic E-state index is 0.0372. The van der Waals surface area contributed by atoms with E-state index in [2.05, 4.69) is 11.8 Å². The lowest BCUT2D eigenvalue weighted by Gasteiger charge is -2.09. The zero-order valence-corrected chi connectivity index (χ0v) is 9.51. The molecule has 0 saturated carbocycles. The van der Waals surface area contributed by atoms with Crippen molar-refractivity contribution in [2.45, 2.75) is 6.18 Å². The average Bonchev–Trinajstić information content (AvgIpc) is 2.33. The molecule has 2 N–H and O–H groups in total. The van der Waals surface area contributed by atoms with E-state index in [4.69, 9.17) is 5.11 Å². The van der Waals surface area contributed by atoms with E-state index in [1.54, 1.807) is 5.32 Å². The van der Waals surface area contributed by atoms with E-state index >= 15 is 0 Å². The molecule has 0 heterocycles. The molecule has 0 spiro atoms. The van der Waals surface area contributed by atoms with Crippen molar-refractivity contribution < 1.29 is 27.5 Å². The second-order valence-electron chi connectivity index (χ2n) is 3.45. The Bertz CT molecular complexity index is 529. The van der Waals surface area contributed by atoms with E-state index in [1.807, 2.05) is 0 Å². The molecule has 1 aromatic carbocycles. The highest BCUT2D eigenvalue weighted by Crippen LogP contribution is 2.14. The Balaban J connectivity index is 2.97. The Hall–Kier alpha value is -2.07. The molecular weight excluding hydrogens is 266 g/mol. The third kappa shape index (κ3) is 4.97. The molecule has 0 radical (unpaired) electrons. The maximum atomic E-state index is 13.0. The van der Waals surface area contributed by atoms with E-state index in [1.165, 1.54) is 0 Å². The molecular formula is C12H9F4NO2. The quantitative estimate of drug-likeness (QED) is 0.634. The summed E-state index contributed by atoms with van der Waals surface area (Å²) in [5, 5.41) is 10.1. The predicted octanol–water partition coefficient (Wildman–Crippen LogP) is 1.46. The van der Waals surface area contributed by atoms with Gasteiger partial charge in [0.05, 0.1) is 5.56 Å². The summed E-state index contributed by atoms with van der Waals surface area (Å²) in [5.74, 6) is 2.74. The number of nitrogens with one attached hydrogen (secondary N) is 1. The normalized spacial score (nSPS) is 10.6. The maximum absolute atomic E-state index is 13.0. The predicted molar refractivity (Wildman–Crippen MR) is 58.8 cm³/mol. The van der Waals surface area contributed by atoms with E-state index in [0.717, 1.165) is 18.2 Å². The van der Waals surface area contributed by atoms with Gasteiger partial charge in [0.25, 0.3) is 5.91 Å². The Morgan fingerprint density at radius 3 is 2.63 bits per heavy atom. The molecule has 0 aliphatic heterocycles. The highest BCUT2D eigenvalue weighted by molar-refractivity contribution is 5.96. The molecule has 3 nitrogen and oxygen atoms in total. The molecule has 0 bridgehead atoms. The zero-order valence-electron chi connectivity index (χ0n) is 9.51. The van der Waals surface area contributed by atoms with Crippen molar-refractivity contribution >= 4 is 5.91 Å². The van der Waals surface area contributed by atoms with Crippen LogP contribution in [-0.2, 0) is 0 Å². The number of aliphatic hydroxyl groups is 1. The van der Waals surface area contributed by atoms with Crippen molar-refractivity contribution in [3.05, 3.63) is 35.1 Å². The minimum Gasteiger partial charge on any atom is -0.384 e. The van der Waals surface area contributed by atoms with Crippen LogP contribution in [-0.4, -0.2) is 30.3 Å². The molecule has 0 aliphatic rings. The van der Waals surface area contributed by atoms with Crippen molar-refractivity contribution in [1.29, 1.82) is 0 Å². The van der Waals surface area contributed by atoms with Crippen LogP contribution in [0, 0.1) is 17.7 Å². The second-order valence-corrected chi connectivity index (χ2v) is 3.45. The summed E-state index contributed by atoms with van der Waals surface area (Å²) >= 11 is 0. The van der Waals surface area contributed by atoms with Gasteiger partial charge >= 0.3 is 6.18 Å². The SMILES string of the molecule is O=C(NCC(F)(F)F)c1cc(F)ccc1C#CCO. The molecule has 0 atom stereocenters. The van der Waals surface area contributed by atoms with Gasteiger partial charge in [0, 0.05) is 5.56 Å². The monoisotopic (exact) mass is 275 g/mol. The Kier molecular flexibility index (Phi) is 4.89. The minimum atomic E-state index is -4.56. The van der Waals surface area contributed by atoms with Crippen LogP contribution < -0.4 is 5.32 Å². The second kappa shape index (κ2) is 6.20. The summed E-state index contributed by atoms with van der Waals surface area (Å²) in [6.07, 6.45) is -4.56. The van der Waals surface area contributed by atoms with Gasteiger partial charge < -0.3 is 10.4 Å². The van der Waals surface area contributed by atoms with Crippen LogP contribution in [0.3, 0.4) is 0 Å². The highest BCUT2D eigenvalue weighted by atomic mass is 19.4. The van der Waals surface area contributed by atoms with Crippen molar-refractivity contribution in [3.63, 3.8) is 0 Å². The number of amides is 1.